The van der Waals surface area contributed by atoms with Crippen molar-refractivity contribution in [3.8, 4) is 0 Å². The number of hydrogen-bond acceptors (Lipinski definition) is 2. The van der Waals surface area contributed by atoms with E-state index in [0.29, 0.717) is 0 Å². The van der Waals surface area contributed by atoms with Crippen molar-refractivity contribution in [2.75, 3.05) is 0 Å². The smallest absolute Gasteiger partial charge is 0.113 e. The van der Waals surface area contributed by atoms with Crippen molar-refractivity contribution in [3.05, 3.63) is 24.3 Å². The number of fused-ring (bicyclic) bond motifs is 1. The van der Waals surface area contributed by atoms with Crippen molar-refractivity contribution in [1.29, 1.82) is 0 Å². The molecule has 3 heteroatoms. The topological polar surface area (TPSA) is 30.7 Å². The third-order valence-corrected chi connectivity index (χ3v) is 3.71. The SMILES string of the molecule is CCCCC(CC)CCn1nnc2ccccc21. The zero-order chi connectivity index (χ0) is 12.8. The van der Waals surface area contributed by atoms with Crippen LogP contribution in [-0.4, -0.2) is 15.0 Å². The fourth-order valence-corrected chi connectivity index (χ4v) is 2.43. The van der Waals surface area contributed by atoms with Gasteiger partial charge in [0.1, 0.15) is 5.52 Å². The Balaban J connectivity index is 1.96. The van der Waals surface area contributed by atoms with E-state index >= 15 is 0 Å². The van der Waals surface area contributed by atoms with Gasteiger partial charge in [0.2, 0.25) is 0 Å². The number of nitrogens with zero attached hydrogens (tertiary/aromatic N) is 3. The standard InChI is InChI=1S/C15H23N3/c1-3-5-8-13(4-2)11-12-18-15-10-7-6-9-14(15)16-17-18/h6-7,9-10,13H,3-5,8,11-12H2,1-2H3. The summed E-state index contributed by atoms with van der Waals surface area (Å²) < 4.78 is 2.05. The van der Waals surface area contributed by atoms with Gasteiger partial charge in [-0.3, -0.25) is 0 Å². The van der Waals surface area contributed by atoms with Crippen molar-refractivity contribution in [2.45, 2.75) is 52.5 Å². The molecule has 0 saturated carbocycles. The molecule has 1 atom stereocenters. The number of rotatable bonds is 7. The first-order chi connectivity index (χ1) is 8.85. The molecule has 0 saturated heterocycles. The predicted octanol–water partition coefficient (Wildman–Crippen LogP) is 4.04. The molecule has 1 aromatic heterocycles. The highest BCUT2D eigenvalue weighted by Gasteiger charge is 2.08. The Bertz CT molecular complexity index is 475. The van der Waals surface area contributed by atoms with Crippen LogP contribution in [0.15, 0.2) is 24.3 Å². The molecular weight excluding hydrogens is 222 g/mol. The zero-order valence-corrected chi connectivity index (χ0v) is 11.5. The Labute approximate surface area is 109 Å². The van der Waals surface area contributed by atoms with Crippen LogP contribution in [-0.2, 0) is 6.54 Å². The van der Waals surface area contributed by atoms with Gasteiger partial charge in [-0.2, -0.15) is 0 Å². The number of unbranched alkanes of at least 4 members (excludes halogenated alkanes) is 1. The van der Waals surface area contributed by atoms with Gasteiger partial charge in [-0.1, -0.05) is 56.9 Å². The lowest BCUT2D eigenvalue weighted by Gasteiger charge is -2.14. The van der Waals surface area contributed by atoms with Crippen LogP contribution in [0.3, 0.4) is 0 Å². The summed E-state index contributed by atoms with van der Waals surface area (Å²) in [5, 5.41) is 8.45. The molecule has 0 fully saturated rings. The lowest BCUT2D eigenvalue weighted by atomic mass is 9.96. The summed E-state index contributed by atoms with van der Waals surface area (Å²) in [5.41, 5.74) is 2.15. The van der Waals surface area contributed by atoms with Gasteiger partial charge < -0.3 is 0 Å². The Morgan fingerprint density at radius 2 is 2.00 bits per heavy atom. The van der Waals surface area contributed by atoms with Crippen LogP contribution in [0.4, 0.5) is 0 Å². The maximum Gasteiger partial charge on any atom is 0.113 e. The zero-order valence-electron chi connectivity index (χ0n) is 11.5. The first-order valence-corrected chi connectivity index (χ1v) is 7.13. The van der Waals surface area contributed by atoms with E-state index in [4.69, 9.17) is 0 Å². The van der Waals surface area contributed by atoms with Gasteiger partial charge in [0, 0.05) is 6.54 Å². The Morgan fingerprint density at radius 3 is 2.78 bits per heavy atom. The van der Waals surface area contributed by atoms with E-state index in [0.717, 1.165) is 23.5 Å². The van der Waals surface area contributed by atoms with Crippen LogP contribution in [0.5, 0.6) is 0 Å². The average Bonchev–Trinajstić information content (AvgIpc) is 2.82. The summed E-state index contributed by atoms with van der Waals surface area (Å²) in [7, 11) is 0. The first-order valence-electron chi connectivity index (χ1n) is 7.13. The molecule has 0 radical (unpaired) electrons. The minimum Gasteiger partial charge on any atom is -0.245 e. The molecule has 1 aromatic carbocycles. The molecule has 0 spiro atoms. The van der Waals surface area contributed by atoms with Gasteiger partial charge in [-0.05, 0) is 24.5 Å². The molecule has 1 heterocycles. The fraction of sp³-hybridized carbons (Fsp3) is 0.600. The largest absolute Gasteiger partial charge is 0.245 e. The highest BCUT2D eigenvalue weighted by Crippen LogP contribution is 2.18. The summed E-state index contributed by atoms with van der Waals surface area (Å²) in [6.45, 7) is 5.54. The predicted molar refractivity (Wildman–Crippen MR) is 75.5 cm³/mol. The van der Waals surface area contributed by atoms with Crippen molar-refractivity contribution in [3.63, 3.8) is 0 Å². The number of para-hydroxylation sites is 1. The minimum atomic E-state index is 0.827. The molecule has 18 heavy (non-hydrogen) atoms. The summed E-state index contributed by atoms with van der Waals surface area (Å²) in [4.78, 5) is 0. The van der Waals surface area contributed by atoms with Gasteiger partial charge in [0.25, 0.3) is 0 Å². The molecule has 0 N–H and O–H groups in total. The number of benzene rings is 1. The molecule has 0 aliphatic rings. The van der Waals surface area contributed by atoms with Gasteiger partial charge in [-0.25, -0.2) is 4.68 Å². The van der Waals surface area contributed by atoms with E-state index in [-0.39, 0.29) is 0 Å². The fourth-order valence-electron chi connectivity index (χ4n) is 2.43. The van der Waals surface area contributed by atoms with Crippen LogP contribution in [0.25, 0.3) is 11.0 Å². The molecule has 0 amide bonds. The first kappa shape index (κ1) is 13.1. The molecular formula is C15H23N3. The summed E-state index contributed by atoms with van der Waals surface area (Å²) in [6, 6.07) is 8.18. The van der Waals surface area contributed by atoms with Gasteiger partial charge >= 0.3 is 0 Å². The van der Waals surface area contributed by atoms with Crippen molar-refractivity contribution < 1.29 is 0 Å². The second-order valence-corrected chi connectivity index (χ2v) is 5.01. The Kier molecular flexibility index (Phi) is 4.73. The normalized spacial score (nSPS) is 13.0. The Morgan fingerprint density at radius 1 is 1.17 bits per heavy atom. The van der Waals surface area contributed by atoms with Crippen LogP contribution in [0.2, 0.25) is 0 Å². The molecule has 0 aliphatic heterocycles. The summed E-state index contributed by atoms with van der Waals surface area (Å²) in [5.74, 6) is 0.827. The van der Waals surface area contributed by atoms with Crippen molar-refractivity contribution in [1.82, 2.24) is 15.0 Å². The molecule has 1 unspecified atom stereocenters. The summed E-state index contributed by atoms with van der Waals surface area (Å²) in [6.07, 6.45) is 6.47. The second kappa shape index (κ2) is 6.53. The van der Waals surface area contributed by atoms with Crippen LogP contribution < -0.4 is 0 Å². The second-order valence-electron chi connectivity index (χ2n) is 5.01. The lowest BCUT2D eigenvalue weighted by molar-refractivity contribution is 0.385. The van der Waals surface area contributed by atoms with Crippen LogP contribution >= 0.6 is 0 Å². The van der Waals surface area contributed by atoms with Crippen molar-refractivity contribution in [2.24, 2.45) is 5.92 Å². The summed E-state index contributed by atoms with van der Waals surface area (Å²) >= 11 is 0. The highest BCUT2D eigenvalue weighted by molar-refractivity contribution is 5.73. The average molecular weight is 245 g/mol. The van der Waals surface area contributed by atoms with E-state index in [2.05, 4.69) is 36.3 Å². The van der Waals surface area contributed by atoms with Crippen LogP contribution in [0.1, 0.15) is 46.0 Å². The van der Waals surface area contributed by atoms with Gasteiger partial charge in [0.15, 0.2) is 0 Å². The number of aromatic nitrogens is 3. The maximum atomic E-state index is 4.25. The lowest BCUT2D eigenvalue weighted by Crippen LogP contribution is -2.07. The van der Waals surface area contributed by atoms with Crippen molar-refractivity contribution >= 4 is 11.0 Å². The quantitative estimate of drug-likeness (QED) is 0.737. The molecule has 2 rings (SSSR count). The molecule has 3 nitrogen and oxygen atoms in total. The van der Waals surface area contributed by atoms with Crippen LogP contribution in [0, 0.1) is 5.92 Å². The van der Waals surface area contributed by atoms with E-state index in [1.54, 1.807) is 0 Å². The Hall–Kier alpha value is -1.38. The molecule has 98 valence electrons. The van der Waals surface area contributed by atoms with Gasteiger partial charge in [0.05, 0.1) is 5.52 Å². The molecule has 0 aliphatic carbocycles. The number of hydrogen-bond donors (Lipinski definition) is 0. The highest BCUT2D eigenvalue weighted by atomic mass is 15.4. The molecule has 0 bridgehead atoms. The monoisotopic (exact) mass is 245 g/mol. The minimum absolute atomic E-state index is 0.827. The maximum absolute atomic E-state index is 4.25. The number of aryl methyl sites for hydroxylation is 1. The van der Waals surface area contributed by atoms with E-state index in [9.17, 15) is 0 Å². The van der Waals surface area contributed by atoms with E-state index in [1.807, 2.05) is 16.8 Å². The molecule has 2 aromatic rings. The third-order valence-electron chi connectivity index (χ3n) is 3.71. The van der Waals surface area contributed by atoms with Gasteiger partial charge in [-0.15, -0.1) is 5.10 Å². The third kappa shape index (κ3) is 3.09. The van der Waals surface area contributed by atoms with E-state index in [1.165, 1.54) is 32.1 Å². The van der Waals surface area contributed by atoms with E-state index < -0.39 is 0 Å².